The lowest BCUT2D eigenvalue weighted by atomic mass is 9.62. The van der Waals surface area contributed by atoms with E-state index in [9.17, 15) is 0 Å². The molecule has 0 saturated carbocycles. The second-order valence-corrected chi connectivity index (χ2v) is 16.8. The van der Waals surface area contributed by atoms with E-state index in [2.05, 4.69) is 277 Å². The molecular weight excluding hydrogens is 773 g/mol. The van der Waals surface area contributed by atoms with Gasteiger partial charge in [-0.15, -0.1) is 0 Å². The number of hydrogen-bond acceptors (Lipinski definition) is 2. The third-order valence-electron chi connectivity index (χ3n) is 13.6. The Hall–Kier alpha value is -8.20. The molecule has 2 heteroatoms. The second kappa shape index (κ2) is 15.3. The normalized spacial score (nSPS) is 14.1. The third-order valence-corrected chi connectivity index (χ3v) is 13.6. The first-order valence-electron chi connectivity index (χ1n) is 22.2. The predicted molar refractivity (Wildman–Crippen MR) is 265 cm³/mol. The molecule has 10 aromatic carbocycles. The van der Waals surface area contributed by atoms with Crippen LogP contribution < -0.4 is 9.80 Å². The Kier molecular flexibility index (Phi) is 8.98. The van der Waals surface area contributed by atoms with E-state index in [0.29, 0.717) is 0 Å². The van der Waals surface area contributed by atoms with Crippen LogP contribution >= 0.6 is 0 Å². The number of fused-ring (bicyclic) bond motifs is 4. The van der Waals surface area contributed by atoms with E-state index in [0.717, 1.165) is 22.5 Å². The van der Waals surface area contributed by atoms with Crippen LogP contribution in [0.5, 0.6) is 0 Å². The molecule has 0 unspecified atom stereocenters. The molecule has 0 radical (unpaired) electrons. The molecule has 0 aromatic heterocycles. The fraction of sp³-hybridized carbons (Fsp3) is 0.0323. The van der Waals surface area contributed by atoms with E-state index >= 15 is 0 Å². The summed E-state index contributed by atoms with van der Waals surface area (Å²) in [6, 6.07) is 98.0. The number of rotatable bonds is 7. The second-order valence-electron chi connectivity index (χ2n) is 16.8. The lowest BCUT2D eigenvalue weighted by Crippen LogP contribution is -2.37. The molecule has 64 heavy (non-hydrogen) atoms. The number of hydrogen-bond donors (Lipinski definition) is 0. The van der Waals surface area contributed by atoms with Crippen molar-refractivity contribution in [2.24, 2.45) is 0 Å². The summed E-state index contributed by atoms with van der Waals surface area (Å²) in [4.78, 5) is 4.91. The van der Waals surface area contributed by atoms with Crippen molar-refractivity contribution in [3.05, 3.63) is 311 Å². The van der Waals surface area contributed by atoms with Crippen molar-refractivity contribution in [1.29, 1.82) is 0 Å². The lowest BCUT2D eigenvalue weighted by molar-refractivity contribution is 0.731. The summed E-state index contributed by atoms with van der Waals surface area (Å²) in [6.07, 6.45) is 0. The van der Waals surface area contributed by atoms with Crippen LogP contribution in [0.15, 0.2) is 267 Å². The number of anilines is 6. The van der Waals surface area contributed by atoms with Crippen molar-refractivity contribution in [3.63, 3.8) is 0 Å². The molecule has 0 saturated heterocycles. The zero-order chi connectivity index (χ0) is 42.5. The Morgan fingerprint density at radius 3 is 0.891 bits per heavy atom. The van der Waals surface area contributed by atoms with Crippen LogP contribution in [0.25, 0.3) is 11.1 Å². The van der Waals surface area contributed by atoms with Gasteiger partial charge in [-0.3, -0.25) is 0 Å². The Labute approximate surface area is 375 Å². The summed E-state index contributed by atoms with van der Waals surface area (Å²) >= 11 is 0. The molecule has 0 aliphatic carbocycles. The average Bonchev–Trinajstić information content (AvgIpc) is 3.38. The van der Waals surface area contributed by atoms with E-state index in [1.807, 2.05) is 0 Å². The number of para-hydroxylation sites is 4. The molecule has 0 amide bonds. The van der Waals surface area contributed by atoms with Gasteiger partial charge in [0.15, 0.2) is 0 Å². The highest BCUT2D eigenvalue weighted by molar-refractivity contribution is 5.92. The molecule has 0 atom stereocenters. The van der Waals surface area contributed by atoms with Crippen molar-refractivity contribution in [3.8, 4) is 11.1 Å². The minimum Gasteiger partial charge on any atom is -0.310 e. The molecule has 2 aliphatic rings. The van der Waals surface area contributed by atoms with Crippen LogP contribution in [0.2, 0.25) is 0 Å². The van der Waals surface area contributed by atoms with Gasteiger partial charge in [0, 0.05) is 11.4 Å². The third kappa shape index (κ3) is 5.59. The SMILES string of the molecule is c1ccc(C2(c3ccccc3)c3ccccc3N(c3ccc(-c4cccc(N5c6ccccc6C(c6ccccc6)(c6ccccc6)c6ccccc65)c4)cc3)c3ccccc32)cc1. The van der Waals surface area contributed by atoms with Gasteiger partial charge in [-0.05, 0) is 104 Å². The van der Waals surface area contributed by atoms with Gasteiger partial charge in [-0.1, -0.05) is 218 Å². The van der Waals surface area contributed by atoms with Crippen LogP contribution in [0, 0.1) is 0 Å². The zero-order valence-electron chi connectivity index (χ0n) is 35.3. The van der Waals surface area contributed by atoms with E-state index in [4.69, 9.17) is 0 Å². The maximum Gasteiger partial charge on any atom is 0.0742 e. The van der Waals surface area contributed by atoms with Crippen LogP contribution in [-0.2, 0) is 10.8 Å². The maximum atomic E-state index is 2.46. The zero-order valence-corrected chi connectivity index (χ0v) is 35.3. The molecule has 0 fully saturated rings. The highest BCUT2D eigenvalue weighted by atomic mass is 15.2. The maximum absolute atomic E-state index is 2.46. The van der Waals surface area contributed by atoms with E-state index < -0.39 is 10.8 Å². The Balaban J connectivity index is 0.971. The summed E-state index contributed by atoms with van der Waals surface area (Å²) in [5.41, 5.74) is 18.3. The van der Waals surface area contributed by atoms with Crippen LogP contribution in [0.1, 0.15) is 44.5 Å². The molecule has 0 N–H and O–H groups in total. The summed E-state index contributed by atoms with van der Waals surface area (Å²) in [7, 11) is 0. The predicted octanol–water partition coefficient (Wildman–Crippen LogP) is 15.7. The molecule has 10 aromatic rings. The molecule has 12 rings (SSSR count). The van der Waals surface area contributed by atoms with Gasteiger partial charge in [-0.25, -0.2) is 0 Å². The Morgan fingerprint density at radius 1 is 0.219 bits per heavy atom. The first kappa shape index (κ1) is 37.6. The van der Waals surface area contributed by atoms with Crippen molar-refractivity contribution < 1.29 is 0 Å². The quantitative estimate of drug-likeness (QED) is 0.158. The highest BCUT2D eigenvalue weighted by Gasteiger charge is 2.47. The number of nitrogens with zero attached hydrogens (tertiary/aromatic N) is 2. The fourth-order valence-electron chi connectivity index (χ4n) is 11.0. The van der Waals surface area contributed by atoms with Crippen LogP contribution in [-0.4, -0.2) is 0 Å². The first-order valence-corrected chi connectivity index (χ1v) is 22.2. The van der Waals surface area contributed by atoms with Gasteiger partial charge in [0.2, 0.25) is 0 Å². The van der Waals surface area contributed by atoms with E-state index in [-0.39, 0.29) is 0 Å². The van der Waals surface area contributed by atoms with Crippen molar-refractivity contribution in [2.75, 3.05) is 9.80 Å². The molecule has 2 aliphatic heterocycles. The Bertz CT molecular complexity index is 3090. The van der Waals surface area contributed by atoms with E-state index in [1.54, 1.807) is 0 Å². The van der Waals surface area contributed by atoms with Crippen molar-refractivity contribution >= 4 is 34.1 Å². The van der Waals surface area contributed by atoms with Gasteiger partial charge >= 0.3 is 0 Å². The standard InChI is InChI=1S/C62H44N2/c1-5-23-47(24-6-1)61(48-25-7-2-8-26-48)53-32-13-17-36-57(53)63(58-37-18-14-33-54(58)61)51-42-40-45(41-43-51)46-22-21-31-52(44-46)64-59-38-19-15-34-55(59)62(49-27-9-3-10-28-49,50-29-11-4-12-30-50)56-35-16-20-39-60(56)64/h1-44H. The monoisotopic (exact) mass is 816 g/mol. The summed E-state index contributed by atoms with van der Waals surface area (Å²) in [5.74, 6) is 0. The molecule has 0 spiro atoms. The molecule has 0 bridgehead atoms. The molecule has 2 nitrogen and oxygen atoms in total. The van der Waals surface area contributed by atoms with E-state index in [1.165, 1.54) is 67.3 Å². The molecule has 2 heterocycles. The van der Waals surface area contributed by atoms with Gasteiger partial charge < -0.3 is 9.80 Å². The van der Waals surface area contributed by atoms with Crippen LogP contribution in [0.4, 0.5) is 34.1 Å². The van der Waals surface area contributed by atoms with Crippen LogP contribution in [0.3, 0.4) is 0 Å². The van der Waals surface area contributed by atoms with Gasteiger partial charge in [-0.2, -0.15) is 0 Å². The minimum absolute atomic E-state index is 0.500. The summed E-state index contributed by atoms with van der Waals surface area (Å²) < 4.78 is 0. The smallest absolute Gasteiger partial charge is 0.0742 e. The lowest BCUT2D eigenvalue weighted by Gasteiger charge is -2.46. The minimum atomic E-state index is -0.507. The van der Waals surface area contributed by atoms with Crippen molar-refractivity contribution in [2.45, 2.75) is 10.8 Å². The van der Waals surface area contributed by atoms with Crippen molar-refractivity contribution in [1.82, 2.24) is 0 Å². The molecular formula is C62H44N2. The number of benzene rings is 10. The Morgan fingerprint density at radius 2 is 0.531 bits per heavy atom. The first-order chi connectivity index (χ1) is 31.8. The van der Waals surface area contributed by atoms with Gasteiger partial charge in [0.25, 0.3) is 0 Å². The highest BCUT2D eigenvalue weighted by Crippen LogP contribution is 2.59. The fourth-order valence-corrected chi connectivity index (χ4v) is 11.0. The summed E-state index contributed by atoms with van der Waals surface area (Å²) in [5, 5.41) is 0. The van der Waals surface area contributed by atoms with Gasteiger partial charge in [0.05, 0.1) is 33.6 Å². The van der Waals surface area contributed by atoms with Gasteiger partial charge in [0.1, 0.15) is 0 Å². The average molecular weight is 817 g/mol. The molecule has 302 valence electrons. The largest absolute Gasteiger partial charge is 0.310 e. The topological polar surface area (TPSA) is 6.48 Å². The summed E-state index contributed by atoms with van der Waals surface area (Å²) in [6.45, 7) is 0.